The fourth-order valence-electron chi connectivity index (χ4n) is 2.97. The molecule has 4 heteroatoms. The molecule has 0 heterocycles. The highest BCUT2D eigenvalue weighted by Crippen LogP contribution is 2.26. The summed E-state index contributed by atoms with van der Waals surface area (Å²) >= 11 is 5.01. The summed E-state index contributed by atoms with van der Waals surface area (Å²) < 4.78 is 0. The van der Waals surface area contributed by atoms with Gasteiger partial charge in [0.15, 0.2) is 0 Å². The molecule has 3 nitrogen and oxygen atoms in total. The molecule has 2 N–H and O–H groups in total. The minimum atomic E-state index is 0.156. The standard InChI is InChI=1S/C17H24N2OS/c1-19(15-11-7-10-14(12-15)16(18)21)17(20)13-8-5-3-2-4-6-9-13/h7,10-13H,2-6,8-9H2,1H3,(H2,18,21). The lowest BCUT2D eigenvalue weighted by molar-refractivity contribution is -0.122. The Bertz CT molecular complexity index is 507. The van der Waals surface area contributed by atoms with Crippen LogP contribution in [0.4, 0.5) is 5.69 Å². The summed E-state index contributed by atoms with van der Waals surface area (Å²) in [5.74, 6) is 0.376. The van der Waals surface area contributed by atoms with Crippen LogP contribution >= 0.6 is 12.2 Å². The first-order chi connectivity index (χ1) is 10.1. The number of nitrogens with two attached hydrogens (primary N) is 1. The molecule has 0 spiro atoms. The lowest BCUT2D eigenvalue weighted by Gasteiger charge is -2.25. The van der Waals surface area contributed by atoms with Crippen LogP contribution in [0, 0.1) is 5.92 Å². The highest BCUT2D eigenvalue weighted by atomic mass is 32.1. The van der Waals surface area contributed by atoms with Crippen LogP contribution in [0.25, 0.3) is 0 Å². The third-order valence-electron chi connectivity index (χ3n) is 4.30. The fourth-order valence-corrected chi connectivity index (χ4v) is 3.10. The first-order valence-electron chi connectivity index (χ1n) is 7.77. The van der Waals surface area contributed by atoms with Crippen LogP contribution in [0.3, 0.4) is 0 Å². The predicted octanol–water partition coefficient (Wildman–Crippen LogP) is 3.64. The molecular formula is C17H24N2OS. The van der Waals surface area contributed by atoms with Gasteiger partial charge in [-0.05, 0) is 25.0 Å². The Hall–Kier alpha value is -1.42. The van der Waals surface area contributed by atoms with E-state index < -0.39 is 0 Å². The van der Waals surface area contributed by atoms with E-state index in [0.717, 1.165) is 36.9 Å². The van der Waals surface area contributed by atoms with E-state index in [9.17, 15) is 4.79 Å². The number of thiocarbonyl (C=S) groups is 1. The van der Waals surface area contributed by atoms with Crippen molar-refractivity contribution in [2.75, 3.05) is 11.9 Å². The number of carbonyl (C=O) groups excluding carboxylic acids is 1. The smallest absolute Gasteiger partial charge is 0.229 e. The molecular weight excluding hydrogens is 280 g/mol. The third kappa shape index (κ3) is 4.27. The van der Waals surface area contributed by atoms with Crippen LogP contribution in [-0.4, -0.2) is 17.9 Å². The van der Waals surface area contributed by atoms with Gasteiger partial charge in [0.25, 0.3) is 0 Å². The predicted molar refractivity (Wildman–Crippen MR) is 91.5 cm³/mol. The van der Waals surface area contributed by atoms with E-state index in [1.807, 2.05) is 31.3 Å². The van der Waals surface area contributed by atoms with Crippen LogP contribution in [0.5, 0.6) is 0 Å². The highest BCUT2D eigenvalue weighted by Gasteiger charge is 2.23. The van der Waals surface area contributed by atoms with Crippen LogP contribution < -0.4 is 10.6 Å². The molecule has 0 radical (unpaired) electrons. The zero-order valence-electron chi connectivity index (χ0n) is 12.7. The van der Waals surface area contributed by atoms with Gasteiger partial charge in [0.1, 0.15) is 4.99 Å². The zero-order chi connectivity index (χ0) is 15.2. The molecule has 0 saturated heterocycles. The molecule has 0 aromatic heterocycles. The summed E-state index contributed by atoms with van der Waals surface area (Å²) in [6.45, 7) is 0. The van der Waals surface area contributed by atoms with Crippen LogP contribution in [0.15, 0.2) is 24.3 Å². The molecule has 1 aliphatic carbocycles. The number of carbonyl (C=O) groups is 1. The first-order valence-corrected chi connectivity index (χ1v) is 8.18. The van der Waals surface area contributed by atoms with Gasteiger partial charge in [0.2, 0.25) is 5.91 Å². The van der Waals surface area contributed by atoms with E-state index in [1.54, 1.807) is 4.90 Å². The van der Waals surface area contributed by atoms with Crippen molar-refractivity contribution in [3.05, 3.63) is 29.8 Å². The van der Waals surface area contributed by atoms with Crippen molar-refractivity contribution in [1.82, 2.24) is 0 Å². The third-order valence-corrected chi connectivity index (χ3v) is 4.54. The molecule has 0 atom stereocenters. The Labute approximate surface area is 132 Å². The van der Waals surface area contributed by atoms with Gasteiger partial charge in [-0.1, -0.05) is 56.5 Å². The van der Waals surface area contributed by atoms with Gasteiger partial charge in [-0.3, -0.25) is 4.79 Å². The minimum absolute atomic E-state index is 0.156. The molecule has 1 saturated carbocycles. The van der Waals surface area contributed by atoms with Gasteiger partial charge < -0.3 is 10.6 Å². The molecule has 1 aromatic carbocycles. The number of amides is 1. The Morgan fingerprint density at radius 1 is 1.19 bits per heavy atom. The summed E-state index contributed by atoms with van der Waals surface area (Å²) in [5, 5.41) is 0. The maximum Gasteiger partial charge on any atom is 0.229 e. The molecule has 1 aromatic rings. The second-order valence-corrected chi connectivity index (χ2v) is 6.29. The lowest BCUT2D eigenvalue weighted by Crippen LogP contribution is -2.33. The van der Waals surface area contributed by atoms with Gasteiger partial charge >= 0.3 is 0 Å². The number of rotatable bonds is 3. The minimum Gasteiger partial charge on any atom is -0.389 e. The van der Waals surface area contributed by atoms with Gasteiger partial charge in [-0.15, -0.1) is 0 Å². The molecule has 21 heavy (non-hydrogen) atoms. The molecule has 1 amide bonds. The number of anilines is 1. The maximum atomic E-state index is 12.7. The number of benzene rings is 1. The highest BCUT2D eigenvalue weighted by molar-refractivity contribution is 7.80. The summed E-state index contributed by atoms with van der Waals surface area (Å²) in [4.78, 5) is 14.8. The van der Waals surface area contributed by atoms with Crippen molar-refractivity contribution in [3.8, 4) is 0 Å². The van der Waals surface area contributed by atoms with Crippen molar-refractivity contribution < 1.29 is 4.79 Å². The van der Waals surface area contributed by atoms with Crippen LogP contribution in [-0.2, 0) is 4.79 Å². The molecule has 1 fully saturated rings. The Balaban J connectivity index is 2.10. The van der Waals surface area contributed by atoms with E-state index in [1.165, 1.54) is 19.3 Å². The van der Waals surface area contributed by atoms with E-state index in [0.29, 0.717) is 4.99 Å². The summed E-state index contributed by atoms with van der Waals surface area (Å²) in [6.07, 6.45) is 8.17. The van der Waals surface area contributed by atoms with Crippen molar-refractivity contribution in [1.29, 1.82) is 0 Å². The molecule has 0 unspecified atom stereocenters. The van der Waals surface area contributed by atoms with Gasteiger partial charge in [0.05, 0.1) is 0 Å². The van der Waals surface area contributed by atoms with Crippen molar-refractivity contribution in [2.24, 2.45) is 11.7 Å². The van der Waals surface area contributed by atoms with Crippen molar-refractivity contribution >= 4 is 28.8 Å². The summed E-state index contributed by atoms with van der Waals surface area (Å²) in [5.41, 5.74) is 7.34. The largest absolute Gasteiger partial charge is 0.389 e. The zero-order valence-corrected chi connectivity index (χ0v) is 13.5. The second kappa shape index (κ2) is 7.55. The van der Waals surface area contributed by atoms with Crippen molar-refractivity contribution in [2.45, 2.75) is 44.9 Å². The Kier molecular flexibility index (Phi) is 5.74. The van der Waals surface area contributed by atoms with Gasteiger partial charge in [0, 0.05) is 24.2 Å². The van der Waals surface area contributed by atoms with E-state index in [-0.39, 0.29) is 11.8 Å². The SMILES string of the molecule is CN(C(=O)C1CCCCCCC1)c1cccc(C(N)=S)c1. The number of hydrogen-bond acceptors (Lipinski definition) is 2. The summed E-state index contributed by atoms with van der Waals surface area (Å²) in [7, 11) is 1.85. The van der Waals surface area contributed by atoms with E-state index >= 15 is 0 Å². The topological polar surface area (TPSA) is 46.3 Å². The first kappa shape index (κ1) is 16.0. The molecule has 0 bridgehead atoms. The normalized spacial score (nSPS) is 16.8. The average molecular weight is 304 g/mol. The number of hydrogen-bond donors (Lipinski definition) is 1. The lowest BCUT2D eigenvalue weighted by atomic mass is 9.90. The quantitative estimate of drug-likeness (QED) is 0.867. The summed E-state index contributed by atoms with van der Waals surface area (Å²) in [6, 6.07) is 7.59. The molecule has 1 aliphatic rings. The van der Waals surface area contributed by atoms with E-state index in [2.05, 4.69) is 0 Å². The van der Waals surface area contributed by atoms with Crippen molar-refractivity contribution in [3.63, 3.8) is 0 Å². The average Bonchev–Trinajstić information content (AvgIpc) is 2.45. The fraction of sp³-hybridized carbons (Fsp3) is 0.529. The molecule has 114 valence electrons. The Morgan fingerprint density at radius 2 is 1.81 bits per heavy atom. The van der Waals surface area contributed by atoms with Crippen LogP contribution in [0.2, 0.25) is 0 Å². The van der Waals surface area contributed by atoms with Gasteiger partial charge in [-0.25, -0.2) is 0 Å². The monoisotopic (exact) mass is 304 g/mol. The maximum absolute atomic E-state index is 12.7. The van der Waals surface area contributed by atoms with Gasteiger partial charge in [-0.2, -0.15) is 0 Å². The van der Waals surface area contributed by atoms with Crippen LogP contribution in [0.1, 0.15) is 50.5 Å². The number of nitrogens with zero attached hydrogens (tertiary/aromatic N) is 1. The van der Waals surface area contributed by atoms with E-state index in [4.69, 9.17) is 18.0 Å². The second-order valence-electron chi connectivity index (χ2n) is 5.85. The molecule has 0 aliphatic heterocycles. The molecule has 2 rings (SSSR count). The Morgan fingerprint density at radius 3 is 2.43 bits per heavy atom.